The number of cyclic esters (lactones) is 1. The van der Waals surface area contributed by atoms with Crippen LogP contribution < -0.4 is 10.4 Å². The number of nitrogens with zero attached hydrogens (tertiary/aromatic N) is 1. The summed E-state index contributed by atoms with van der Waals surface area (Å²) in [6, 6.07) is 4.52. The lowest BCUT2D eigenvalue weighted by Gasteiger charge is -2.32. The van der Waals surface area contributed by atoms with E-state index in [4.69, 9.17) is 24.1 Å². The summed E-state index contributed by atoms with van der Waals surface area (Å²) in [4.78, 5) is 13.5. The van der Waals surface area contributed by atoms with Crippen LogP contribution >= 0.6 is 0 Å². The Hall–Kier alpha value is -2.06. The van der Waals surface area contributed by atoms with Gasteiger partial charge in [-0.2, -0.15) is 0 Å². The molecule has 2 heterocycles. The summed E-state index contributed by atoms with van der Waals surface area (Å²) in [5.41, 5.74) is -0.421. The van der Waals surface area contributed by atoms with Crippen molar-refractivity contribution >= 4 is 38.2 Å². The Morgan fingerprint density at radius 2 is 2.04 bits per heavy atom. The average molecular weight is 376 g/mol. The van der Waals surface area contributed by atoms with Crippen LogP contribution in [0.4, 0.5) is 14.9 Å². The van der Waals surface area contributed by atoms with Crippen LogP contribution in [0.15, 0.2) is 18.2 Å². The third kappa shape index (κ3) is 3.82. The molecule has 0 radical (unpaired) electrons. The van der Waals surface area contributed by atoms with Gasteiger partial charge in [-0.15, -0.1) is 0 Å². The first-order valence-electron chi connectivity index (χ1n) is 8.88. The normalized spacial score (nSPS) is 23.3. The predicted octanol–water partition coefficient (Wildman–Crippen LogP) is 1.84. The van der Waals surface area contributed by atoms with Gasteiger partial charge in [-0.3, -0.25) is 10.3 Å². The van der Waals surface area contributed by atoms with Gasteiger partial charge in [0, 0.05) is 11.8 Å². The van der Waals surface area contributed by atoms with Gasteiger partial charge in [-0.25, -0.2) is 9.18 Å². The molecule has 2 fully saturated rings. The van der Waals surface area contributed by atoms with E-state index in [2.05, 4.69) is 0 Å². The smallest absolute Gasteiger partial charge is 0.497 e. The Bertz CT molecular complexity index is 730. The van der Waals surface area contributed by atoms with Crippen LogP contribution in [0.1, 0.15) is 27.7 Å². The van der Waals surface area contributed by atoms with Gasteiger partial charge in [0.15, 0.2) is 0 Å². The van der Waals surface area contributed by atoms with E-state index in [1.54, 1.807) is 12.1 Å². The number of nitrogens with one attached hydrogen (secondary N) is 1. The number of anilines is 1. The van der Waals surface area contributed by atoms with Crippen LogP contribution in [-0.4, -0.2) is 50.9 Å². The first-order chi connectivity index (χ1) is 12.6. The minimum Gasteiger partial charge on any atom is -0.557 e. The Kier molecular flexibility index (Phi) is 5.22. The number of benzene rings is 1. The standard InChI is InChI=1S/C17H23B2FN2O5/c1-16(2)17(3,4)27-19(26-16)13-6-5-11(7-14(13)20)22-9-12(25-15(22)23)8-18-24-10-21/h5-7,10,12,18,21H,8-9H2,1-4H3/t12-/m0/s1. The zero-order chi connectivity index (χ0) is 19.8. The Balaban J connectivity index is 1.72. The van der Waals surface area contributed by atoms with E-state index in [0.29, 0.717) is 24.0 Å². The van der Waals surface area contributed by atoms with Gasteiger partial charge < -0.3 is 18.7 Å². The summed E-state index contributed by atoms with van der Waals surface area (Å²) >= 11 is 0. The van der Waals surface area contributed by atoms with Crippen molar-refractivity contribution in [2.24, 2.45) is 0 Å². The summed E-state index contributed by atoms with van der Waals surface area (Å²) in [6.45, 7) is 7.92. The van der Waals surface area contributed by atoms with E-state index in [9.17, 15) is 9.18 Å². The molecule has 1 aromatic rings. The van der Waals surface area contributed by atoms with E-state index < -0.39 is 30.2 Å². The van der Waals surface area contributed by atoms with E-state index in [1.165, 1.54) is 11.0 Å². The van der Waals surface area contributed by atoms with Gasteiger partial charge >= 0.3 is 20.7 Å². The molecular weight excluding hydrogens is 353 g/mol. The molecule has 7 nitrogen and oxygen atoms in total. The lowest BCUT2D eigenvalue weighted by molar-refractivity contribution is 0.00578. The number of ether oxygens (including phenoxy) is 1. The molecule has 27 heavy (non-hydrogen) atoms. The maximum Gasteiger partial charge on any atom is 0.497 e. The quantitative estimate of drug-likeness (QED) is 0.355. The molecule has 0 unspecified atom stereocenters. The van der Waals surface area contributed by atoms with Crippen molar-refractivity contribution in [1.82, 2.24) is 0 Å². The first-order valence-corrected chi connectivity index (χ1v) is 8.88. The molecular formula is C17H23B2FN2O5. The van der Waals surface area contributed by atoms with Gasteiger partial charge in [0.2, 0.25) is 0 Å². The Morgan fingerprint density at radius 3 is 2.63 bits per heavy atom. The number of hydrogen-bond donors (Lipinski definition) is 1. The molecule has 2 aliphatic heterocycles. The van der Waals surface area contributed by atoms with Gasteiger partial charge in [0.1, 0.15) is 18.3 Å². The molecule has 1 N–H and O–H groups in total. The zero-order valence-electron chi connectivity index (χ0n) is 16.0. The summed E-state index contributed by atoms with van der Waals surface area (Å²) < 4.78 is 36.6. The lowest BCUT2D eigenvalue weighted by Crippen LogP contribution is -2.41. The van der Waals surface area contributed by atoms with Crippen molar-refractivity contribution in [2.45, 2.75) is 51.3 Å². The summed E-state index contributed by atoms with van der Waals surface area (Å²) in [6.07, 6.45) is 0.422. The number of rotatable bonds is 6. The van der Waals surface area contributed by atoms with Crippen LogP contribution in [-0.2, 0) is 18.7 Å². The third-order valence-corrected chi connectivity index (χ3v) is 5.32. The monoisotopic (exact) mass is 376 g/mol. The molecule has 144 valence electrons. The van der Waals surface area contributed by atoms with Crippen molar-refractivity contribution in [2.75, 3.05) is 11.4 Å². The number of carbonyl (C=O) groups is 1. The highest BCUT2D eigenvalue weighted by Gasteiger charge is 2.52. The molecule has 10 heteroatoms. The Morgan fingerprint density at radius 1 is 1.37 bits per heavy atom. The van der Waals surface area contributed by atoms with Crippen LogP contribution in [0, 0.1) is 11.2 Å². The van der Waals surface area contributed by atoms with E-state index in [-0.39, 0.29) is 13.6 Å². The second kappa shape index (κ2) is 7.16. The number of carbonyl (C=O) groups excluding carboxylic acids is 1. The fourth-order valence-electron chi connectivity index (χ4n) is 2.99. The molecule has 2 saturated heterocycles. The van der Waals surface area contributed by atoms with E-state index in [1.807, 2.05) is 27.7 Å². The summed E-state index contributed by atoms with van der Waals surface area (Å²) in [5.74, 6) is -0.505. The van der Waals surface area contributed by atoms with Crippen LogP contribution in [0.2, 0.25) is 6.32 Å². The minimum atomic E-state index is -0.805. The van der Waals surface area contributed by atoms with Crippen LogP contribution in [0.25, 0.3) is 0 Å². The minimum absolute atomic E-state index is 0.282. The highest BCUT2D eigenvalue weighted by molar-refractivity contribution is 6.62. The maximum absolute atomic E-state index is 14.7. The SMILES string of the molecule is CC1(C)OB(c2ccc(N3C[C@H](CBOC=N)OC3=O)cc2F)OC1(C)C. The topological polar surface area (TPSA) is 81.1 Å². The first kappa shape index (κ1) is 19.7. The highest BCUT2D eigenvalue weighted by atomic mass is 19.1. The van der Waals surface area contributed by atoms with Crippen molar-refractivity contribution in [1.29, 1.82) is 5.41 Å². The number of halogens is 1. The largest absolute Gasteiger partial charge is 0.557 e. The molecule has 0 aromatic heterocycles. The Labute approximate surface area is 159 Å². The van der Waals surface area contributed by atoms with Crippen molar-refractivity contribution < 1.29 is 27.9 Å². The van der Waals surface area contributed by atoms with Crippen molar-refractivity contribution in [3.05, 3.63) is 24.0 Å². The molecule has 1 aromatic carbocycles. The van der Waals surface area contributed by atoms with E-state index >= 15 is 0 Å². The third-order valence-electron chi connectivity index (χ3n) is 5.32. The van der Waals surface area contributed by atoms with Gasteiger partial charge in [0.05, 0.1) is 23.4 Å². The number of amides is 1. The van der Waals surface area contributed by atoms with Gasteiger partial charge in [-0.05, 0) is 39.8 Å². The fraction of sp³-hybridized carbons (Fsp3) is 0.529. The summed E-state index contributed by atoms with van der Waals surface area (Å²) in [7, 11) is -0.523. The molecule has 3 rings (SSSR count). The van der Waals surface area contributed by atoms with Crippen molar-refractivity contribution in [3.63, 3.8) is 0 Å². The molecule has 0 bridgehead atoms. The molecule has 0 aliphatic carbocycles. The predicted molar refractivity (Wildman–Crippen MR) is 102 cm³/mol. The molecule has 0 spiro atoms. The van der Waals surface area contributed by atoms with Crippen LogP contribution in [0.5, 0.6) is 0 Å². The van der Waals surface area contributed by atoms with Gasteiger partial charge in [-0.1, -0.05) is 6.07 Å². The molecule has 0 saturated carbocycles. The van der Waals surface area contributed by atoms with Crippen LogP contribution in [0.3, 0.4) is 0 Å². The van der Waals surface area contributed by atoms with E-state index in [0.717, 1.165) is 6.40 Å². The highest BCUT2D eigenvalue weighted by Crippen LogP contribution is 2.37. The fourth-order valence-corrected chi connectivity index (χ4v) is 2.99. The second-order valence-corrected chi connectivity index (χ2v) is 7.69. The average Bonchev–Trinajstić information content (AvgIpc) is 3.04. The maximum atomic E-state index is 14.7. The molecule has 2 aliphatic rings. The molecule has 1 amide bonds. The zero-order valence-corrected chi connectivity index (χ0v) is 16.0. The number of hydrogen-bond acceptors (Lipinski definition) is 6. The van der Waals surface area contributed by atoms with Gasteiger partial charge in [0.25, 0.3) is 0 Å². The summed E-state index contributed by atoms with van der Waals surface area (Å²) in [5, 5.41) is 6.83. The molecule has 1 atom stereocenters. The second-order valence-electron chi connectivity index (χ2n) is 7.69. The van der Waals surface area contributed by atoms with Crippen molar-refractivity contribution in [3.8, 4) is 0 Å². The lowest BCUT2D eigenvalue weighted by atomic mass is 9.78.